The van der Waals surface area contributed by atoms with Gasteiger partial charge in [0.2, 0.25) is 5.95 Å². The van der Waals surface area contributed by atoms with Crippen molar-refractivity contribution in [2.75, 3.05) is 56.7 Å². The molecule has 3 heterocycles. The van der Waals surface area contributed by atoms with Gasteiger partial charge in [-0.3, -0.25) is 4.90 Å². The van der Waals surface area contributed by atoms with Crippen LogP contribution in [0, 0.1) is 0 Å². The van der Waals surface area contributed by atoms with Gasteiger partial charge in [0, 0.05) is 45.5 Å². The maximum absolute atomic E-state index is 5.42. The lowest BCUT2D eigenvalue weighted by Gasteiger charge is -2.32. The van der Waals surface area contributed by atoms with Crippen LogP contribution in [-0.4, -0.2) is 67.4 Å². The summed E-state index contributed by atoms with van der Waals surface area (Å²) in [6, 6.07) is 2.62. The zero-order valence-corrected chi connectivity index (χ0v) is 11.4. The van der Waals surface area contributed by atoms with Crippen LogP contribution in [0.4, 0.5) is 11.8 Å². The second-order valence-corrected chi connectivity index (χ2v) is 5.03. The topological polar surface area (TPSA) is 53.5 Å². The van der Waals surface area contributed by atoms with E-state index < -0.39 is 0 Å². The van der Waals surface area contributed by atoms with E-state index in [1.807, 2.05) is 19.3 Å². The molecule has 6 heteroatoms. The Morgan fingerprint density at radius 3 is 2.95 bits per heavy atom. The van der Waals surface area contributed by atoms with E-state index in [1.165, 1.54) is 6.42 Å². The third-order valence-corrected chi connectivity index (χ3v) is 3.91. The minimum atomic E-state index is 0.636. The van der Waals surface area contributed by atoms with Gasteiger partial charge in [-0.25, -0.2) is 4.98 Å². The molecule has 0 radical (unpaired) electrons. The van der Waals surface area contributed by atoms with Crippen LogP contribution < -0.4 is 10.2 Å². The molecule has 1 unspecified atom stereocenters. The summed E-state index contributed by atoms with van der Waals surface area (Å²) in [6.45, 7) is 5.98. The molecule has 6 nitrogen and oxygen atoms in total. The lowest BCUT2D eigenvalue weighted by Crippen LogP contribution is -2.44. The molecule has 0 saturated carbocycles. The van der Waals surface area contributed by atoms with Gasteiger partial charge in [-0.2, -0.15) is 4.98 Å². The van der Waals surface area contributed by atoms with Gasteiger partial charge in [-0.1, -0.05) is 0 Å². The normalized spacial score (nSPS) is 24.7. The van der Waals surface area contributed by atoms with Crippen LogP contribution in [-0.2, 0) is 4.74 Å². The number of rotatable bonds is 3. The number of hydrogen-bond acceptors (Lipinski definition) is 6. The van der Waals surface area contributed by atoms with Crippen LogP contribution in [0.25, 0.3) is 0 Å². The van der Waals surface area contributed by atoms with Crippen molar-refractivity contribution in [3.05, 3.63) is 12.3 Å². The van der Waals surface area contributed by atoms with Crippen molar-refractivity contribution in [2.24, 2.45) is 0 Å². The minimum Gasteiger partial charge on any atom is -0.379 e. The summed E-state index contributed by atoms with van der Waals surface area (Å²) in [4.78, 5) is 13.6. The zero-order valence-electron chi connectivity index (χ0n) is 11.4. The second-order valence-electron chi connectivity index (χ2n) is 5.03. The quantitative estimate of drug-likeness (QED) is 0.853. The number of hydrogen-bond donors (Lipinski definition) is 1. The maximum atomic E-state index is 5.42. The summed E-state index contributed by atoms with van der Waals surface area (Å²) < 4.78 is 5.42. The first-order valence-corrected chi connectivity index (χ1v) is 6.94. The molecular formula is C13H21N5O. The van der Waals surface area contributed by atoms with Gasteiger partial charge in [0.25, 0.3) is 0 Å². The Balaban J connectivity index is 1.64. The van der Waals surface area contributed by atoms with Crippen molar-refractivity contribution in [3.8, 4) is 0 Å². The Morgan fingerprint density at radius 1 is 1.32 bits per heavy atom. The van der Waals surface area contributed by atoms with E-state index in [4.69, 9.17) is 4.74 Å². The van der Waals surface area contributed by atoms with Crippen molar-refractivity contribution in [1.82, 2.24) is 14.9 Å². The smallest absolute Gasteiger partial charge is 0.224 e. The first-order valence-electron chi connectivity index (χ1n) is 6.94. The Hall–Kier alpha value is -1.40. The SMILES string of the molecule is CNc1nccc(N2CCC(N3CCOCC3)C2)n1. The molecule has 0 amide bonds. The third-order valence-electron chi connectivity index (χ3n) is 3.91. The van der Waals surface area contributed by atoms with Gasteiger partial charge in [-0.15, -0.1) is 0 Å². The number of nitrogens with one attached hydrogen (secondary N) is 1. The largest absolute Gasteiger partial charge is 0.379 e. The molecule has 0 aliphatic carbocycles. The number of morpholine rings is 1. The van der Waals surface area contributed by atoms with E-state index in [2.05, 4.69) is 25.1 Å². The average Bonchev–Trinajstić information content (AvgIpc) is 2.98. The molecule has 2 aliphatic rings. The van der Waals surface area contributed by atoms with Crippen molar-refractivity contribution in [1.29, 1.82) is 0 Å². The summed E-state index contributed by atoms with van der Waals surface area (Å²) in [5, 5.41) is 2.99. The van der Waals surface area contributed by atoms with E-state index >= 15 is 0 Å². The van der Waals surface area contributed by atoms with Crippen LogP contribution in [0.15, 0.2) is 12.3 Å². The highest BCUT2D eigenvalue weighted by molar-refractivity contribution is 5.43. The summed E-state index contributed by atoms with van der Waals surface area (Å²) in [5.74, 6) is 1.71. The predicted octanol–water partition coefficient (Wildman–Crippen LogP) is 0.429. The molecule has 19 heavy (non-hydrogen) atoms. The Labute approximate surface area is 113 Å². The van der Waals surface area contributed by atoms with Crippen molar-refractivity contribution >= 4 is 11.8 Å². The van der Waals surface area contributed by atoms with E-state index in [0.717, 1.165) is 45.2 Å². The Morgan fingerprint density at radius 2 is 2.16 bits per heavy atom. The van der Waals surface area contributed by atoms with Gasteiger partial charge in [0.05, 0.1) is 13.2 Å². The third kappa shape index (κ3) is 2.79. The predicted molar refractivity (Wildman–Crippen MR) is 74.6 cm³/mol. The monoisotopic (exact) mass is 263 g/mol. The fraction of sp³-hybridized carbons (Fsp3) is 0.692. The highest BCUT2D eigenvalue weighted by Gasteiger charge is 2.29. The van der Waals surface area contributed by atoms with Gasteiger partial charge in [0.1, 0.15) is 5.82 Å². The fourth-order valence-corrected chi connectivity index (χ4v) is 2.84. The molecule has 2 saturated heterocycles. The van der Waals surface area contributed by atoms with Gasteiger partial charge >= 0.3 is 0 Å². The van der Waals surface area contributed by atoms with E-state index in [9.17, 15) is 0 Å². The van der Waals surface area contributed by atoms with Gasteiger partial charge in [-0.05, 0) is 12.5 Å². The molecule has 0 bridgehead atoms. The van der Waals surface area contributed by atoms with Gasteiger partial charge in [0.15, 0.2) is 0 Å². The molecule has 1 aromatic heterocycles. The lowest BCUT2D eigenvalue weighted by molar-refractivity contribution is 0.0209. The number of aromatic nitrogens is 2. The molecule has 2 fully saturated rings. The van der Waals surface area contributed by atoms with Gasteiger partial charge < -0.3 is 15.0 Å². The minimum absolute atomic E-state index is 0.636. The highest BCUT2D eigenvalue weighted by Crippen LogP contribution is 2.22. The van der Waals surface area contributed by atoms with Crippen LogP contribution >= 0.6 is 0 Å². The molecule has 104 valence electrons. The molecule has 1 atom stereocenters. The Kier molecular flexibility index (Phi) is 3.79. The molecule has 0 aromatic carbocycles. The molecule has 1 aromatic rings. The number of anilines is 2. The van der Waals surface area contributed by atoms with Crippen molar-refractivity contribution < 1.29 is 4.74 Å². The average molecular weight is 263 g/mol. The summed E-state index contributed by atoms with van der Waals surface area (Å²) in [6.07, 6.45) is 3.02. The molecule has 0 spiro atoms. The molecule has 3 rings (SSSR count). The lowest BCUT2D eigenvalue weighted by atomic mass is 10.2. The van der Waals surface area contributed by atoms with E-state index in [0.29, 0.717) is 12.0 Å². The van der Waals surface area contributed by atoms with Crippen molar-refractivity contribution in [2.45, 2.75) is 12.5 Å². The first-order chi connectivity index (χ1) is 9.36. The number of nitrogens with zero attached hydrogens (tertiary/aromatic N) is 4. The zero-order chi connectivity index (χ0) is 13.1. The van der Waals surface area contributed by atoms with E-state index in [-0.39, 0.29) is 0 Å². The fourth-order valence-electron chi connectivity index (χ4n) is 2.84. The standard InChI is InChI=1S/C13H21N5O/c1-14-13-15-4-2-12(16-13)18-5-3-11(10-18)17-6-8-19-9-7-17/h2,4,11H,3,5-10H2,1H3,(H,14,15,16). The summed E-state index contributed by atoms with van der Waals surface area (Å²) in [5.41, 5.74) is 0. The first kappa shape index (κ1) is 12.6. The van der Waals surface area contributed by atoms with E-state index in [1.54, 1.807) is 0 Å². The molecule has 2 aliphatic heterocycles. The van der Waals surface area contributed by atoms with Crippen LogP contribution in [0.3, 0.4) is 0 Å². The summed E-state index contributed by atoms with van der Waals surface area (Å²) in [7, 11) is 1.85. The summed E-state index contributed by atoms with van der Waals surface area (Å²) >= 11 is 0. The van der Waals surface area contributed by atoms with Crippen LogP contribution in [0.2, 0.25) is 0 Å². The van der Waals surface area contributed by atoms with Crippen LogP contribution in [0.1, 0.15) is 6.42 Å². The van der Waals surface area contributed by atoms with Crippen molar-refractivity contribution in [3.63, 3.8) is 0 Å². The van der Waals surface area contributed by atoms with Crippen LogP contribution in [0.5, 0.6) is 0 Å². The maximum Gasteiger partial charge on any atom is 0.224 e. The number of ether oxygens (including phenoxy) is 1. The Bertz CT molecular complexity index is 421. The second kappa shape index (κ2) is 5.71. The molecule has 1 N–H and O–H groups in total. The highest BCUT2D eigenvalue weighted by atomic mass is 16.5. The molecular weight excluding hydrogens is 242 g/mol.